The summed E-state index contributed by atoms with van der Waals surface area (Å²) in [5, 5.41) is 7.64. The summed E-state index contributed by atoms with van der Waals surface area (Å²) in [5.74, 6) is 1.39. The van der Waals surface area contributed by atoms with Gasteiger partial charge in [-0.3, -0.25) is 0 Å². The van der Waals surface area contributed by atoms with Crippen LogP contribution in [0.25, 0.3) is 0 Å². The standard InChI is InChI=1S/C18H21ClN2O2S/c1-11-5-7-14(19)10-15(11)21-18(24)20-12(2)13-6-8-16(22-3)17(9-13)23-4/h5-10,12H,1-4H3,(H2,20,21,24). The largest absolute Gasteiger partial charge is 0.493 e. The van der Waals surface area contributed by atoms with Crippen LogP contribution in [-0.4, -0.2) is 19.3 Å². The maximum absolute atomic E-state index is 6.03. The Kier molecular flexibility index (Phi) is 6.29. The molecule has 0 aromatic heterocycles. The third-order valence-electron chi connectivity index (χ3n) is 3.70. The van der Waals surface area contributed by atoms with Crippen molar-refractivity contribution in [3.05, 3.63) is 52.5 Å². The summed E-state index contributed by atoms with van der Waals surface area (Å²) >= 11 is 11.4. The molecule has 24 heavy (non-hydrogen) atoms. The van der Waals surface area contributed by atoms with Gasteiger partial charge in [-0.1, -0.05) is 23.7 Å². The van der Waals surface area contributed by atoms with Gasteiger partial charge < -0.3 is 20.1 Å². The normalized spacial score (nSPS) is 11.5. The third-order valence-corrected chi connectivity index (χ3v) is 4.16. The lowest BCUT2D eigenvalue weighted by atomic mass is 10.1. The van der Waals surface area contributed by atoms with Gasteiger partial charge in [-0.15, -0.1) is 0 Å². The first-order chi connectivity index (χ1) is 11.4. The number of anilines is 1. The molecule has 0 amide bonds. The van der Waals surface area contributed by atoms with Crippen LogP contribution in [0.5, 0.6) is 11.5 Å². The minimum atomic E-state index is 0.00398. The highest BCUT2D eigenvalue weighted by atomic mass is 35.5. The Bertz CT molecular complexity index is 737. The molecule has 6 heteroatoms. The molecule has 2 N–H and O–H groups in total. The van der Waals surface area contributed by atoms with Gasteiger partial charge in [-0.2, -0.15) is 0 Å². The molecule has 2 rings (SSSR count). The third kappa shape index (κ3) is 4.52. The molecule has 128 valence electrons. The molecule has 1 atom stereocenters. The average molecular weight is 365 g/mol. The van der Waals surface area contributed by atoms with Gasteiger partial charge >= 0.3 is 0 Å². The fourth-order valence-corrected chi connectivity index (χ4v) is 2.75. The zero-order valence-corrected chi connectivity index (χ0v) is 15.7. The fraction of sp³-hybridized carbons (Fsp3) is 0.278. The number of thiocarbonyl (C=S) groups is 1. The van der Waals surface area contributed by atoms with Crippen molar-refractivity contribution in [2.45, 2.75) is 19.9 Å². The molecule has 0 bridgehead atoms. The highest BCUT2D eigenvalue weighted by molar-refractivity contribution is 7.80. The Hall–Kier alpha value is -1.98. The second-order valence-electron chi connectivity index (χ2n) is 5.39. The highest BCUT2D eigenvalue weighted by Gasteiger charge is 2.12. The molecule has 0 radical (unpaired) electrons. The van der Waals surface area contributed by atoms with Crippen molar-refractivity contribution >= 4 is 34.6 Å². The lowest BCUT2D eigenvalue weighted by Gasteiger charge is -2.19. The van der Waals surface area contributed by atoms with Crippen LogP contribution in [0.2, 0.25) is 5.02 Å². The van der Waals surface area contributed by atoms with E-state index in [1.165, 1.54) is 0 Å². The Morgan fingerprint density at radius 3 is 2.46 bits per heavy atom. The molecule has 0 saturated heterocycles. The van der Waals surface area contributed by atoms with Gasteiger partial charge in [0, 0.05) is 10.7 Å². The average Bonchev–Trinajstić information content (AvgIpc) is 2.57. The Balaban J connectivity index is 2.07. The summed E-state index contributed by atoms with van der Waals surface area (Å²) in [7, 11) is 3.24. The number of benzene rings is 2. The molecule has 2 aromatic carbocycles. The summed E-state index contributed by atoms with van der Waals surface area (Å²) in [6, 6.07) is 11.5. The quantitative estimate of drug-likeness (QED) is 0.752. The number of hydrogen-bond acceptors (Lipinski definition) is 3. The van der Waals surface area contributed by atoms with Gasteiger partial charge in [0.25, 0.3) is 0 Å². The summed E-state index contributed by atoms with van der Waals surface area (Å²) in [6.07, 6.45) is 0. The minimum absolute atomic E-state index is 0.00398. The summed E-state index contributed by atoms with van der Waals surface area (Å²) in [5.41, 5.74) is 3.00. The lowest BCUT2D eigenvalue weighted by Crippen LogP contribution is -2.31. The van der Waals surface area contributed by atoms with Crippen molar-refractivity contribution in [1.82, 2.24) is 5.32 Å². The molecule has 0 spiro atoms. The van der Waals surface area contributed by atoms with E-state index in [9.17, 15) is 0 Å². The molecular formula is C18H21ClN2O2S. The Morgan fingerprint density at radius 1 is 1.08 bits per heavy atom. The maximum Gasteiger partial charge on any atom is 0.171 e. The van der Waals surface area contributed by atoms with Crippen molar-refractivity contribution in [3.8, 4) is 11.5 Å². The Morgan fingerprint density at radius 2 is 1.79 bits per heavy atom. The van der Waals surface area contributed by atoms with Crippen LogP contribution in [0.15, 0.2) is 36.4 Å². The van der Waals surface area contributed by atoms with E-state index in [1.807, 2.05) is 50.2 Å². The van der Waals surface area contributed by atoms with Crippen LogP contribution in [0.3, 0.4) is 0 Å². The zero-order valence-electron chi connectivity index (χ0n) is 14.1. The van der Waals surface area contributed by atoms with Gasteiger partial charge in [-0.25, -0.2) is 0 Å². The van der Waals surface area contributed by atoms with E-state index in [-0.39, 0.29) is 6.04 Å². The number of methoxy groups -OCH3 is 2. The van der Waals surface area contributed by atoms with Crippen LogP contribution in [-0.2, 0) is 0 Å². The molecule has 0 saturated carbocycles. The predicted molar refractivity (Wildman–Crippen MR) is 104 cm³/mol. The van der Waals surface area contributed by atoms with E-state index in [1.54, 1.807) is 14.2 Å². The molecular weight excluding hydrogens is 344 g/mol. The van der Waals surface area contributed by atoms with Gasteiger partial charge in [0.1, 0.15) is 0 Å². The molecule has 0 aliphatic carbocycles. The molecule has 0 fully saturated rings. The first-order valence-corrected chi connectivity index (χ1v) is 8.28. The van der Waals surface area contributed by atoms with Crippen LogP contribution in [0.1, 0.15) is 24.1 Å². The number of halogens is 1. The molecule has 0 aliphatic heterocycles. The van der Waals surface area contributed by atoms with E-state index in [0.29, 0.717) is 21.6 Å². The topological polar surface area (TPSA) is 42.5 Å². The van der Waals surface area contributed by atoms with E-state index >= 15 is 0 Å². The van der Waals surface area contributed by atoms with Crippen molar-refractivity contribution in [1.29, 1.82) is 0 Å². The van der Waals surface area contributed by atoms with E-state index in [0.717, 1.165) is 16.8 Å². The molecule has 1 unspecified atom stereocenters. The van der Waals surface area contributed by atoms with Crippen molar-refractivity contribution in [2.24, 2.45) is 0 Å². The molecule has 2 aromatic rings. The number of nitrogens with one attached hydrogen (secondary N) is 2. The first kappa shape index (κ1) is 18.4. The summed E-state index contributed by atoms with van der Waals surface area (Å²) in [4.78, 5) is 0. The minimum Gasteiger partial charge on any atom is -0.493 e. The van der Waals surface area contributed by atoms with Gasteiger partial charge in [0.05, 0.1) is 20.3 Å². The number of ether oxygens (including phenoxy) is 2. The summed E-state index contributed by atoms with van der Waals surface area (Å²) < 4.78 is 10.6. The molecule has 0 aliphatic rings. The second-order valence-corrected chi connectivity index (χ2v) is 6.24. The van der Waals surface area contributed by atoms with E-state index < -0.39 is 0 Å². The van der Waals surface area contributed by atoms with Crippen molar-refractivity contribution in [2.75, 3.05) is 19.5 Å². The van der Waals surface area contributed by atoms with Gasteiger partial charge in [0.2, 0.25) is 0 Å². The Labute approximate surface area is 153 Å². The van der Waals surface area contributed by atoms with Crippen molar-refractivity contribution in [3.63, 3.8) is 0 Å². The van der Waals surface area contributed by atoms with Gasteiger partial charge in [-0.05, 0) is 61.5 Å². The monoisotopic (exact) mass is 364 g/mol. The molecule has 4 nitrogen and oxygen atoms in total. The summed E-state index contributed by atoms with van der Waals surface area (Å²) in [6.45, 7) is 4.03. The smallest absolute Gasteiger partial charge is 0.171 e. The zero-order chi connectivity index (χ0) is 17.7. The van der Waals surface area contributed by atoms with Crippen molar-refractivity contribution < 1.29 is 9.47 Å². The predicted octanol–water partition coefficient (Wildman–Crippen LogP) is 4.71. The lowest BCUT2D eigenvalue weighted by molar-refractivity contribution is 0.354. The van der Waals surface area contributed by atoms with Crippen LogP contribution >= 0.6 is 23.8 Å². The number of aryl methyl sites for hydroxylation is 1. The SMILES string of the molecule is COc1ccc(C(C)NC(=S)Nc2cc(Cl)ccc2C)cc1OC. The number of hydrogen-bond donors (Lipinski definition) is 2. The van der Waals surface area contributed by atoms with Crippen LogP contribution in [0.4, 0.5) is 5.69 Å². The molecule has 0 heterocycles. The van der Waals surface area contributed by atoms with E-state index in [2.05, 4.69) is 10.6 Å². The number of rotatable bonds is 5. The van der Waals surface area contributed by atoms with Gasteiger partial charge in [0.15, 0.2) is 16.6 Å². The maximum atomic E-state index is 6.03. The van der Waals surface area contributed by atoms with Crippen LogP contribution in [0, 0.1) is 6.92 Å². The van der Waals surface area contributed by atoms with Crippen LogP contribution < -0.4 is 20.1 Å². The highest BCUT2D eigenvalue weighted by Crippen LogP contribution is 2.30. The fourth-order valence-electron chi connectivity index (χ4n) is 2.29. The second kappa shape index (κ2) is 8.22. The van der Waals surface area contributed by atoms with E-state index in [4.69, 9.17) is 33.3 Å². The first-order valence-electron chi connectivity index (χ1n) is 7.50.